The average molecular weight is 531 g/mol. The molecule has 1 heterocycles. The van der Waals surface area contributed by atoms with Crippen LogP contribution in [0.15, 0.2) is 0 Å². The lowest BCUT2D eigenvalue weighted by Crippen LogP contribution is -2.66. The van der Waals surface area contributed by atoms with Crippen LogP contribution >= 0.6 is 0 Å². The van der Waals surface area contributed by atoms with Crippen LogP contribution in [0.25, 0.3) is 0 Å². The van der Waals surface area contributed by atoms with Crippen LogP contribution in [0.4, 0.5) is 0 Å². The first-order valence-corrected chi connectivity index (χ1v) is 14.7. The van der Waals surface area contributed by atoms with Crippen molar-refractivity contribution in [2.24, 2.45) is 45.3 Å². The molecule has 4 aliphatic carbocycles. The van der Waals surface area contributed by atoms with Gasteiger partial charge in [0.15, 0.2) is 0 Å². The topological polar surface area (TPSA) is 96.0 Å². The van der Waals surface area contributed by atoms with Gasteiger partial charge >= 0.3 is 17.9 Å². The lowest BCUT2D eigenvalue weighted by molar-refractivity contribution is -0.242. The van der Waals surface area contributed by atoms with Crippen molar-refractivity contribution in [2.75, 3.05) is 6.61 Å². The average Bonchev–Trinajstić information content (AvgIpc) is 3.31. The molecule has 1 aliphatic heterocycles. The van der Waals surface area contributed by atoms with Crippen LogP contribution in [-0.2, 0) is 33.4 Å². The van der Waals surface area contributed by atoms with Gasteiger partial charge in [0, 0.05) is 37.5 Å². The van der Waals surface area contributed by atoms with Gasteiger partial charge in [0.05, 0.1) is 12.5 Å². The van der Waals surface area contributed by atoms with Crippen LogP contribution in [0.1, 0.15) is 106 Å². The Morgan fingerprint density at radius 2 is 1.61 bits per heavy atom. The highest BCUT2D eigenvalue weighted by molar-refractivity contribution is 5.87. The molecule has 0 amide bonds. The molecule has 5 aliphatic rings. The second-order valence-electron chi connectivity index (χ2n) is 14.6. The van der Waals surface area contributed by atoms with Gasteiger partial charge in [0.25, 0.3) is 0 Å². The standard InChI is InChI=1S/C31H46O7/c1-18(32)36-17-31-16-21(34)26(30(7)15-12-25(35)38-30)20(31)8-9-23-28(5)13-11-24(37-19(2)33)27(3,4)22(28)10-14-29(23,31)6/h20,22-24,26H,8-17H2,1-7H3/t20-,22+,23-,24+,26-,28+,29-,30+,31+/m1/s1. The van der Waals surface area contributed by atoms with Crippen molar-refractivity contribution in [3.05, 3.63) is 0 Å². The number of fused-ring (bicyclic) bond motifs is 5. The summed E-state index contributed by atoms with van der Waals surface area (Å²) in [7, 11) is 0. The Bertz CT molecular complexity index is 1050. The summed E-state index contributed by atoms with van der Waals surface area (Å²) in [4.78, 5) is 50.2. The zero-order valence-corrected chi connectivity index (χ0v) is 24.3. The summed E-state index contributed by atoms with van der Waals surface area (Å²) in [6.07, 6.45) is 6.77. The highest BCUT2D eigenvalue weighted by atomic mass is 16.6. The Labute approximate surface area is 227 Å². The maximum Gasteiger partial charge on any atom is 0.306 e. The third-order valence-electron chi connectivity index (χ3n) is 12.5. The summed E-state index contributed by atoms with van der Waals surface area (Å²) < 4.78 is 17.5. The zero-order valence-electron chi connectivity index (χ0n) is 24.3. The smallest absolute Gasteiger partial charge is 0.306 e. The van der Waals surface area contributed by atoms with E-state index in [9.17, 15) is 19.2 Å². The van der Waals surface area contributed by atoms with Crippen molar-refractivity contribution in [1.29, 1.82) is 0 Å². The van der Waals surface area contributed by atoms with Crippen molar-refractivity contribution in [3.8, 4) is 0 Å². The van der Waals surface area contributed by atoms with Gasteiger partial charge in [-0.15, -0.1) is 0 Å². The quantitative estimate of drug-likeness (QED) is 0.354. The third kappa shape index (κ3) is 3.72. The van der Waals surface area contributed by atoms with Gasteiger partial charge < -0.3 is 14.2 Å². The van der Waals surface area contributed by atoms with Crippen LogP contribution in [0.3, 0.4) is 0 Å². The Morgan fingerprint density at radius 1 is 0.895 bits per heavy atom. The maximum absolute atomic E-state index is 13.9. The Kier molecular flexibility index (Phi) is 6.39. The molecule has 5 fully saturated rings. The third-order valence-corrected chi connectivity index (χ3v) is 12.5. The van der Waals surface area contributed by atoms with Crippen molar-refractivity contribution in [1.82, 2.24) is 0 Å². The van der Waals surface area contributed by atoms with Gasteiger partial charge in [-0.2, -0.15) is 0 Å². The minimum absolute atomic E-state index is 0.0112. The maximum atomic E-state index is 13.9. The first-order chi connectivity index (χ1) is 17.6. The summed E-state index contributed by atoms with van der Waals surface area (Å²) in [5.41, 5.74) is -1.60. The predicted molar refractivity (Wildman–Crippen MR) is 140 cm³/mol. The fourth-order valence-corrected chi connectivity index (χ4v) is 10.9. The molecular weight excluding hydrogens is 484 g/mol. The van der Waals surface area contributed by atoms with Crippen molar-refractivity contribution >= 4 is 23.7 Å². The number of ether oxygens (including phenoxy) is 3. The highest BCUT2D eigenvalue weighted by Gasteiger charge is 2.74. The molecule has 7 nitrogen and oxygen atoms in total. The molecule has 4 saturated carbocycles. The van der Waals surface area contributed by atoms with Gasteiger partial charge in [0.2, 0.25) is 0 Å². The number of hydrogen-bond acceptors (Lipinski definition) is 7. The van der Waals surface area contributed by atoms with E-state index in [1.807, 2.05) is 6.92 Å². The fraction of sp³-hybridized carbons (Fsp3) is 0.871. The van der Waals surface area contributed by atoms with Crippen LogP contribution in [0.2, 0.25) is 0 Å². The molecule has 0 aromatic heterocycles. The number of ketones is 1. The van der Waals surface area contributed by atoms with Gasteiger partial charge in [-0.05, 0) is 80.5 Å². The molecule has 9 atom stereocenters. The van der Waals surface area contributed by atoms with Crippen LogP contribution in [-0.4, -0.2) is 42.0 Å². The molecule has 0 bridgehead atoms. The molecule has 7 heteroatoms. The van der Waals surface area contributed by atoms with Gasteiger partial charge in [0.1, 0.15) is 17.5 Å². The van der Waals surface area contributed by atoms with Crippen molar-refractivity contribution < 1.29 is 33.4 Å². The van der Waals surface area contributed by atoms with Crippen LogP contribution < -0.4 is 0 Å². The normalized spacial score (nSPS) is 47.4. The second-order valence-corrected chi connectivity index (χ2v) is 14.6. The van der Waals surface area contributed by atoms with E-state index in [1.165, 1.54) is 13.8 Å². The minimum Gasteiger partial charge on any atom is -0.465 e. The lowest BCUT2D eigenvalue weighted by Gasteiger charge is -2.70. The largest absolute Gasteiger partial charge is 0.465 e. The first-order valence-electron chi connectivity index (χ1n) is 14.7. The van der Waals surface area contributed by atoms with Gasteiger partial charge in [-0.1, -0.05) is 27.7 Å². The summed E-state index contributed by atoms with van der Waals surface area (Å²) in [5.74, 6) is -0.213. The van der Waals surface area contributed by atoms with E-state index < -0.39 is 11.0 Å². The highest BCUT2D eigenvalue weighted by Crippen LogP contribution is 2.75. The van der Waals surface area contributed by atoms with Gasteiger partial charge in [-0.25, -0.2) is 0 Å². The zero-order chi connectivity index (χ0) is 27.9. The summed E-state index contributed by atoms with van der Waals surface area (Å²) in [5, 5.41) is 0. The summed E-state index contributed by atoms with van der Waals surface area (Å²) in [6, 6.07) is 0. The van der Waals surface area contributed by atoms with Crippen LogP contribution in [0.5, 0.6) is 0 Å². The number of esters is 3. The van der Waals surface area contributed by atoms with E-state index >= 15 is 0 Å². The molecule has 1 saturated heterocycles. The van der Waals surface area contributed by atoms with E-state index in [1.54, 1.807) is 0 Å². The van der Waals surface area contributed by atoms with E-state index in [-0.39, 0.29) is 64.5 Å². The predicted octanol–water partition coefficient (Wildman–Crippen LogP) is 5.42. The molecule has 0 N–H and O–H groups in total. The Hall–Kier alpha value is -1.92. The number of Topliss-reactive ketones (excluding diaryl/α,β-unsaturated/α-hetero) is 1. The van der Waals surface area contributed by atoms with Crippen molar-refractivity contribution in [3.63, 3.8) is 0 Å². The molecule has 0 aromatic rings. The minimum atomic E-state index is -0.787. The molecular formula is C31H46O7. The van der Waals surface area contributed by atoms with Crippen molar-refractivity contribution in [2.45, 2.75) is 118 Å². The van der Waals surface area contributed by atoms with E-state index in [2.05, 4.69) is 27.7 Å². The number of rotatable bonds is 4. The molecule has 0 unspecified atom stereocenters. The molecule has 0 radical (unpaired) electrons. The SMILES string of the molecule is CC(=O)OC[C@@]12CC(=O)[C@H]([C@]3(C)CCC(=O)O3)[C@H]1CC[C@@H]1[C@@]3(C)CC[C@H](OC(C)=O)C(C)(C)[C@@H]3CC[C@]12C. The lowest BCUT2D eigenvalue weighted by atomic mass is 9.35. The van der Waals surface area contributed by atoms with Crippen LogP contribution in [0, 0.1) is 45.3 Å². The monoisotopic (exact) mass is 530 g/mol. The Morgan fingerprint density at radius 3 is 2.21 bits per heavy atom. The fourth-order valence-electron chi connectivity index (χ4n) is 10.9. The van der Waals surface area contributed by atoms with E-state index in [0.717, 1.165) is 38.5 Å². The number of cyclic esters (lactones) is 1. The molecule has 38 heavy (non-hydrogen) atoms. The molecule has 212 valence electrons. The summed E-state index contributed by atoms with van der Waals surface area (Å²) >= 11 is 0. The number of hydrogen-bond donors (Lipinski definition) is 0. The number of carbonyl (C=O) groups excluding carboxylic acids is 4. The number of carbonyl (C=O) groups is 4. The summed E-state index contributed by atoms with van der Waals surface area (Å²) in [6.45, 7) is 14.4. The molecule has 5 rings (SSSR count). The van der Waals surface area contributed by atoms with E-state index in [4.69, 9.17) is 14.2 Å². The van der Waals surface area contributed by atoms with E-state index in [0.29, 0.717) is 31.1 Å². The second kappa shape index (κ2) is 8.79. The molecule has 0 aromatic carbocycles. The molecule has 0 spiro atoms. The Balaban J connectivity index is 1.55. The van der Waals surface area contributed by atoms with Gasteiger partial charge in [-0.3, -0.25) is 19.2 Å². The first kappa shape index (κ1) is 27.6.